The summed E-state index contributed by atoms with van der Waals surface area (Å²) < 4.78 is 0. The average molecular weight is 324 g/mol. The fourth-order valence-electron chi connectivity index (χ4n) is 2.69. The molecule has 0 aromatic carbocycles. The molecule has 0 amide bonds. The molecule has 0 bridgehead atoms. The van der Waals surface area contributed by atoms with Gasteiger partial charge in [0.05, 0.1) is 0 Å². The molecule has 0 atom stereocenters. The first kappa shape index (κ1) is 19.8. The zero-order valence-corrected chi connectivity index (χ0v) is 15.4. The topological polar surface area (TPSA) is 34.1 Å². The van der Waals surface area contributed by atoms with Gasteiger partial charge in [0.15, 0.2) is 5.78 Å². The maximum atomic E-state index is 11.9. The molecule has 24 heavy (non-hydrogen) atoms. The Morgan fingerprint density at radius 2 is 1.62 bits per heavy atom. The van der Waals surface area contributed by atoms with Crippen LogP contribution < -0.4 is 0 Å². The lowest BCUT2D eigenvalue weighted by Gasteiger charge is -2.32. The average Bonchev–Trinajstić information content (AvgIpc) is 2.51. The fraction of sp³-hybridized carbons (Fsp3) is 0.364. The maximum absolute atomic E-state index is 11.9. The van der Waals surface area contributed by atoms with Gasteiger partial charge in [-0.3, -0.25) is 9.59 Å². The SMILES string of the molecule is CC1=C(/C=C/C(C)=C/C=C/C(C)=C/C=C/C=O)C(C)(C)CCC1=O. The molecule has 0 heterocycles. The molecular formula is C22H28O2. The van der Waals surface area contributed by atoms with Crippen molar-refractivity contribution >= 4 is 12.1 Å². The Morgan fingerprint density at radius 1 is 1.00 bits per heavy atom. The van der Waals surface area contributed by atoms with E-state index in [2.05, 4.69) is 26.0 Å². The van der Waals surface area contributed by atoms with Gasteiger partial charge >= 0.3 is 0 Å². The van der Waals surface area contributed by atoms with E-state index in [0.717, 1.165) is 35.0 Å². The highest BCUT2D eigenvalue weighted by Crippen LogP contribution is 2.39. The summed E-state index contributed by atoms with van der Waals surface area (Å²) in [5, 5.41) is 0. The number of carbonyl (C=O) groups is 2. The molecule has 0 radical (unpaired) electrons. The van der Waals surface area contributed by atoms with Crippen LogP contribution >= 0.6 is 0 Å². The van der Waals surface area contributed by atoms with Crippen LogP contribution in [0.25, 0.3) is 0 Å². The van der Waals surface area contributed by atoms with Crippen LogP contribution in [-0.2, 0) is 9.59 Å². The van der Waals surface area contributed by atoms with Crippen LogP contribution in [0.3, 0.4) is 0 Å². The Labute approximate surface area is 146 Å². The highest BCUT2D eigenvalue weighted by molar-refractivity contribution is 5.97. The van der Waals surface area contributed by atoms with E-state index >= 15 is 0 Å². The zero-order chi connectivity index (χ0) is 18.2. The highest BCUT2D eigenvalue weighted by atomic mass is 16.1. The fourth-order valence-corrected chi connectivity index (χ4v) is 2.69. The van der Waals surface area contributed by atoms with Crippen LogP contribution in [0.4, 0.5) is 0 Å². The lowest BCUT2D eigenvalue weighted by atomic mass is 9.72. The van der Waals surface area contributed by atoms with E-state index in [9.17, 15) is 9.59 Å². The second-order valence-electron chi connectivity index (χ2n) is 6.88. The summed E-state index contributed by atoms with van der Waals surface area (Å²) in [6.07, 6.45) is 17.5. The molecule has 2 nitrogen and oxygen atoms in total. The van der Waals surface area contributed by atoms with Crippen LogP contribution in [0.15, 0.2) is 70.9 Å². The first-order chi connectivity index (χ1) is 11.3. The normalized spacial score (nSPS) is 20.0. The minimum Gasteiger partial charge on any atom is -0.299 e. The summed E-state index contributed by atoms with van der Waals surface area (Å²) in [6.45, 7) is 10.3. The molecule has 1 aliphatic rings. The third kappa shape index (κ3) is 6.11. The zero-order valence-electron chi connectivity index (χ0n) is 15.4. The third-order valence-corrected chi connectivity index (χ3v) is 4.31. The van der Waals surface area contributed by atoms with Crippen LogP contribution in [-0.4, -0.2) is 12.1 Å². The summed E-state index contributed by atoms with van der Waals surface area (Å²) >= 11 is 0. The Morgan fingerprint density at radius 3 is 2.29 bits per heavy atom. The van der Waals surface area contributed by atoms with Crippen LogP contribution in [0.5, 0.6) is 0 Å². The lowest BCUT2D eigenvalue weighted by Crippen LogP contribution is -2.24. The van der Waals surface area contributed by atoms with E-state index in [4.69, 9.17) is 0 Å². The number of carbonyl (C=O) groups excluding carboxylic acids is 2. The molecule has 0 aromatic heterocycles. The Kier molecular flexibility index (Phi) is 7.57. The molecule has 1 aliphatic carbocycles. The molecule has 0 fully saturated rings. The van der Waals surface area contributed by atoms with Gasteiger partial charge in [0, 0.05) is 6.42 Å². The molecule has 1 rings (SSSR count). The summed E-state index contributed by atoms with van der Waals surface area (Å²) in [7, 11) is 0. The van der Waals surface area contributed by atoms with Crippen molar-refractivity contribution in [3.8, 4) is 0 Å². The van der Waals surface area contributed by atoms with Gasteiger partial charge in [-0.25, -0.2) is 0 Å². The second-order valence-corrected chi connectivity index (χ2v) is 6.88. The number of ketones is 1. The number of allylic oxidation sites excluding steroid dienone is 12. The molecule has 0 saturated carbocycles. The Balaban J connectivity index is 2.84. The third-order valence-electron chi connectivity index (χ3n) is 4.31. The quantitative estimate of drug-likeness (QED) is 0.370. The predicted octanol–water partition coefficient (Wildman–Crippen LogP) is 5.45. The standard InChI is InChI=1S/C22H28O2/c1-17(9-6-7-16-23)10-8-11-18(2)12-13-20-19(3)21(24)14-15-22(20,4)5/h6-13,16H,14-15H2,1-5H3/b7-6+,10-8+,13-12+,17-9+,18-11+. The molecule has 0 N–H and O–H groups in total. The molecule has 0 aromatic rings. The molecule has 2 heteroatoms. The monoisotopic (exact) mass is 324 g/mol. The van der Waals surface area contributed by atoms with Gasteiger partial charge in [0.2, 0.25) is 0 Å². The van der Waals surface area contributed by atoms with Gasteiger partial charge in [-0.2, -0.15) is 0 Å². The van der Waals surface area contributed by atoms with Crippen molar-refractivity contribution in [2.75, 3.05) is 0 Å². The summed E-state index contributed by atoms with van der Waals surface area (Å²) in [6, 6.07) is 0. The Bertz CT molecular complexity index is 662. The molecule has 0 aliphatic heterocycles. The van der Waals surface area contributed by atoms with Gasteiger partial charge in [0.1, 0.15) is 6.29 Å². The second kappa shape index (κ2) is 9.17. The molecule has 0 saturated heterocycles. The van der Waals surface area contributed by atoms with Crippen molar-refractivity contribution in [3.05, 3.63) is 70.9 Å². The van der Waals surface area contributed by atoms with Crippen molar-refractivity contribution < 1.29 is 9.59 Å². The smallest absolute Gasteiger partial charge is 0.158 e. The van der Waals surface area contributed by atoms with Crippen molar-refractivity contribution in [2.24, 2.45) is 5.41 Å². The van der Waals surface area contributed by atoms with Crippen molar-refractivity contribution in [3.63, 3.8) is 0 Å². The molecule has 0 spiro atoms. The Hall–Kier alpha value is -2.22. The summed E-state index contributed by atoms with van der Waals surface area (Å²) in [4.78, 5) is 22.1. The summed E-state index contributed by atoms with van der Waals surface area (Å²) in [5.41, 5.74) is 4.28. The van der Waals surface area contributed by atoms with Crippen LogP contribution in [0.1, 0.15) is 47.5 Å². The summed E-state index contributed by atoms with van der Waals surface area (Å²) in [5.74, 6) is 0.264. The van der Waals surface area contributed by atoms with Crippen LogP contribution in [0.2, 0.25) is 0 Å². The number of hydrogen-bond acceptors (Lipinski definition) is 2. The van der Waals surface area contributed by atoms with Gasteiger partial charge < -0.3 is 0 Å². The van der Waals surface area contributed by atoms with E-state index in [1.807, 2.05) is 45.1 Å². The van der Waals surface area contributed by atoms with Gasteiger partial charge in [-0.05, 0) is 49.8 Å². The number of Topliss-reactive ketones (excluding diaryl/α,β-unsaturated/α-hetero) is 1. The number of aldehydes is 1. The van der Waals surface area contributed by atoms with E-state index in [1.54, 1.807) is 6.08 Å². The molecule has 128 valence electrons. The van der Waals surface area contributed by atoms with Crippen LogP contribution in [0, 0.1) is 5.41 Å². The molecular weight excluding hydrogens is 296 g/mol. The first-order valence-electron chi connectivity index (χ1n) is 8.34. The first-order valence-corrected chi connectivity index (χ1v) is 8.34. The van der Waals surface area contributed by atoms with Gasteiger partial charge in [0.25, 0.3) is 0 Å². The van der Waals surface area contributed by atoms with E-state index in [-0.39, 0.29) is 11.2 Å². The molecule has 0 unspecified atom stereocenters. The minimum absolute atomic E-state index is 0.0505. The van der Waals surface area contributed by atoms with Crippen molar-refractivity contribution in [1.29, 1.82) is 0 Å². The van der Waals surface area contributed by atoms with Gasteiger partial charge in [-0.1, -0.05) is 67.5 Å². The van der Waals surface area contributed by atoms with Crippen molar-refractivity contribution in [2.45, 2.75) is 47.5 Å². The van der Waals surface area contributed by atoms with E-state index in [0.29, 0.717) is 6.42 Å². The predicted molar refractivity (Wildman–Crippen MR) is 102 cm³/mol. The van der Waals surface area contributed by atoms with Crippen molar-refractivity contribution in [1.82, 2.24) is 0 Å². The van der Waals surface area contributed by atoms with E-state index < -0.39 is 0 Å². The minimum atomic E-state index is 0.0505. The number of hydrogen-bond donors (Lipinski definition) is 0. The largest absolute Gasteiger partial charge is 0.299 e. The van der Waals surface area contributed by atoms with E-state index in [1.165, 1.54) is 6.08 Å². The highest BCUT2D eigenvalue weighted by Gasteiger charge is 2.30. The maximum Gasteiger partial charge on any atom is 0.158 e. The lowest BCUT2D eigenvalue weighted by molar-refractivity contribution is -0.116. The number of rotatable bonds is 6. The van der Waals surface area contributed by atoms with Gasteiger partial charge in [-0.15, -0.1) is 0 Å².